The lowest BCUT2D eigenvalue weighted by atomic mass is 9.98. The number of nitrogens with zero attached hydrogens (tertiary/aromatic N) is 4. The van der Waals surface area contributed by atoms with E-state index in [0.29, 0.717) is 17.2 Å². The molecule has 1 amide bonds. The van der Waals surface area contributed by atoms with Crippen molar-refractivity contribution < 1.29 is 35.7 Å². The van der Waals surface area contributed by atoms with Gasteiger partial charge in [0, 0.05) is 29.6 Å². The predicted molar refractivity (Wildman–Crippen MR) is 110 cm³/mol. The molecule has 4 aromatic rings. The normalized spacial score (nSPS) is 13.0. The van der Waals surface area contributed by atoms with Gasteiger partial charge in [-0.2, -0.15) is 31.4 Å². The second kappa shape index (κ2) is 8.89. The van der Waals surface area contributed by atoms with Crippen LogP contribution in [0.25, 0.3) is 11.1 Å². The lowest BCUT2D eigenvalue weighted by molar-refractivity contribution is -0.143. The fourth-order valence-electron chi connectivity index (χ4n) is 3.41. The molecular weight excluding hydrogens is 480 g/mol. The first kappa shape index (κ1) is 24.0. The van der Waals surface area contributed by atoms with Crippen LogP contribution in [0.5, 0.6) is 0 Å². The molecule has 7 nitrogen and oxygen atoms in total. The molecule has 0 aliphatic heterocycles. The molecule has 1 atom stereocenters. The van der Waals surface area contributed by atoms with Crippen LogP contribution in [-0.4, -0.2) is 25.8 Å². The Morgan fingerprint density at radius 1 is 1.09 bits per heavy atom. The Hall–Kier alpha value is -4.16. The molecule has 0 aliphatic carbocycles. The van der Waals surface area contributed by atoms with Gasteiger partial charge in [-0.1, -0.05) is 11.2 Å². The van der Waals surface area contributed by atoms with Gasteiger partial charge in [0.05, 0.1) is 23.4 Å². The van der Waals surface area contributed by atoms with E-state index in [1.165, 1.54) is 42.5 Å². The number of hydrogen-bond acceptors (Lipinski definition) is 5. The first-order valence-electron chi connectivity index (χ1n) is 9.95. The van der Waals surface area contributed by atoms with E-state index in [2.05, 4.69) is 25.1 Å². The Morgan fingerprint density at radius 3 is 2.51 bits per heavy atom. The van der Waals surface area contributed by atoms with Gasteiger partial charge in [0.15, 0.2) is 5.69 Å². The van der Waals surface area contributed by atoms with Crippen LogP contribution in [0.1, 0.15) is 40.1 Å². The standard InChI is InChI=1S/C22H15F6N5O2/c1-12(15-5-4-14(21(23,24)25)9-17(15)22(26,27)28)33-11-13(10-30-33)16-3-2-7-29-19(16)31-20(34)18-6-8-35-32-18/h2-12H,1H3,(H,29,31,34)/t12-/m0/s1. The van der Waals surface area contributed by atoms with Crippen molar-refractivity contribution in [1.29, 1.82) is 0 Å². The molecule has 0 unspecified atom stereocenters. The van der Waals surface area contributed by atoms with E-state index in [4.69, 9.17) is 0 Å². The second-order valence-corrected chi connectivity index (χ2v) is 7.42. The average molecular weight is 495 g/mol. The van der Waals surface area contributed by atoms with Crippen LogP contribution in [0.15, 0.2) is 65.8 Å². The van der Waals surface area contributed by atoms with E-state index in [-0.39, 0.29) is 23.1 Å². The van der Waals surface area contributed by atoms with Crippen molar-refractivity contribution in [2.24, 2.45) is 0 Å². The molecule has 0 spiro atoms. The summed E-state index contributed by atoms with van der Waals surface area (Å²) in [6.45, 7) is 1.38. The molecule has 0 radical (unpaired) electrons. The molecule has 1 N–H and O–H groups in total. The highest BCUT2D eigenvalue weighted by Gasteiger charge is 2.39. The maximum Gasteiger partial charge on any atom is 0.416 e. The van der Waals surface area contributed by atoms with Crippen LogP contribution in [0, 0.1) is 0 Å². The average Bonchev–Trinajstić information content (AvgIpc) is 3.50. The molecule has 0 fully saturated rings. The van der Waals surface area contributed by atoms with E-state index < -0.39 is 35.4 Å². The minimum Gasteiger partial charge on any atom is -0.364 e. The smallest absolute Gasteiger partial charge is 0.364 e. The number of hydrogen-bond donors (Lipinski definition) is 1. The number of nitrogens with one attached hydrogen (secondary N) is 1. The number of carbonyl (C=O) groups is 1. The molecule has 4 rings (SSSR count). The Balaban J connectivity index is 1.67. The summed E-state index contributed by atoms with van der Waals surface area (Å²) in [7, 11) is 0. The van der Waals surface area contributed by atoms with E-state index in [0.717, 1.165) is 6.07 Å². The minimum absolute atomic E-state index is 0.00732. The maximum atomic E-state index is 13.6. The summed E-state index contributed by atoms with van der Waals surface area (Å²) >= 11 is 0. The number of carbonyl (C=O) groups excluding carboxylic acids is 1. The molecule has 0 aliphatic rings. The van der Waals surface area contributed by atoms with Crippen molar-refractivity contribution in [3.63, 3.8) is 0 Å². The largest absolute Gasteiger partial charge is 0.416 e. The molecule has 3 aromatic heterocycles. The number of aromatic nitrogens is 4. The maximum absolute atomic E-state index is 13.6. The third kappa shape index (κ3) is 5.03. The van der Waals surface area contributed by atoms with Gasteiger partial charge < -0.3 is 9.84 Å². The Labute approximate surface area is 193 Å². The van der Waals surface area contributed by atoms with Crippen molar-refractivity contribution in [3.8, 4) is 11.1 Å². The number of alkyl halides is 6. The van der Waals surface area contributed by atoms with Crippen molar-refractivity contribution in [2.45, 2.75) is 25.3 Å². The molecule has 1 aromatic carbocycles. The molecular formula is C22H15F6N5O2. The van der Waals surface area contributed by atoms with Crippen molar-refractivity contribution in [3.05, 3.63) is 83.6 Å². The van der Waals surface area contributed by atoms with Crippen molar-refractivity contribution >= 4 is 11.7 Å². The van der Waals surface area contributed by atoms with Crippen LogP contribution in [0.3, 0.4) is 0 Å². The summed E-state index contributed by atoms with van der Waals surface area (Å²) in [5.74, 6) is -0.461. The zero-order valence-corrected chi connectivity index (χ0v) is 17.7. The highest BCUT2D eigenvalue weighted by molar-refractivity contribution is 6.04. The van der Waals surface area contributed by atoms with Gasteiger partial charge in [-0.3, -0.25) is 9.48 Å². The third-order valence-corrected chi connectivity index (χ3v) is 5.16. The molecule has 13 heteroatoms. The molecule has 0 saturated carbocycles. The predicted octanol–water partition coefficient (Wildman–Crippen LogP) is 5.83. The monoisotopic (exact) mass is 495 g/mol. The summed E-state index contributed by atoms with van der Waals surface area (Å²) in [6, 6.07) is 4.97. The minimum atomic E-state index is -5.01. The van der Waals surface area contributed by atoms with Crippen molar-refractivity contribution in [1.82, 2.24) is 19.9 Å². The second-order valence-electron chi connectivity index (χ2n) is 7.42. The molecule has 35 heavy (non-hydrogen) atoms. The van der Waals surface area contributed by atoms with E-state index in [1.807, 2.05) is 0 Å². The van der Waals surface area contributed by atoms with Gasteiger partial charge in [-0.05, 0) is 36.8 Å². The van der Waals surface area contributed by atoms with Gasteiger partial charge in [0.25, 0.3) is 5.91 Å². The summed E-state index contributed by atoms with van der Waals surface area (Å²) in [5, 5.41) is 10.2. The van der Waals surface area contributed by atoms with Gasteiger partial charge in [0.1, 0.15) is 12.1 Å². The van der Waals surface area contributed by atoms with Crippen LogP contribution < -0.4 is 5.32 Å². The zero-order chi connectivity index (χ0) is 25.4. The van der Waals surface area contributed by atoms with Gasteiger partial charge in [0.2, 0.25) is 0 Å². The van der Waals surface area contributed by atoms with Crippen LogP contribution >= 0.6 is 0 Å². The van der Waals surface area contributed by atoms with E-state index in [1.54, 1.807) is 12.1 Å². The molecule has 3 heterocycles. The lowest BCUT2D eigenvalue weighted by Crippen LogP contribution is -2.17. The molecule has 0 bridgehead atoms. The first-order chi connectivity index (χ1) is 16.4. The zero-order valence-electron chi connectivity index (χ0n) is 17.7. The Bertz CT molecular complexity index is 1350. The van der Waals surface area contributed by atoms with Gasteiger partial charge >= 0.3 is 12.4 Å². The summed E-state index contributed by atoms with van der Waals surface area (Å²) in [4.78, 5) is 16.4. The quantitative estimate of drug-likeness (QED) is 0.352. The number of anilines is 1. The summed E-state index contributed by atoms with van der Waals surface area (Å²) in [5.41, 5.74) is -2.37. The Morgan fingerprint density at radius 2 is 1.86 bits per heavy atom. The summed E-state index contributed by atoms with van der Waals surface area (Å²) in [6.07, 6.45) is -4.54. The number of benzene rings is 1. The number of halogens is 6. The molecule has 0 saturated heterocycles. The molecule has 182 valence electrons. The SMILES string of the molecule is C[C@@H](c1ccc(C(F)(F)F)cc1C(F)(F)F)n1cc(-c2cccnc2NC(=O)c2ccon2)cn1. The highest BCUT2D eigenvalue weighted by Crippen LogP contribution is 2.40. The lowest BCUT2D eigenvalue weighted by Gasteiger charge is -2.20. The Kier molecular flexibility index (Phi) is 6.09. The third-order valence-electron chi connectivity index (χ3n) is 5.16. The first-order valence-corrected chi connectivity index (χ1v) is 9.95. The number of pyridine rings is 1. The highest BCUT2D eigenvalue weighted by atomic mass is 19.4. The van der Waals surface area contributed by atoms with Crippen molar-refractivity contribution in [2.75, 3.05) is 5.32 Å². The van der Waals surface area contributed by atoms with Gasteiger partial charge in [-0.25, -0.2) is 4.98 Å². The fraction of sp³-hybridized carbons (Fsp3) is 0.182. The van der Waals surface area contributed by atoms with Crippen LogP contribution in [0.4, 0.5) is 32.2 Å². The fourth-order valence-corrected chi connectivity index (χ4v) is 3.41. The summed E-state index contributed by atoms with van der Waals surface area (Å²) < 4.78 is 85.6. The number of amides is 1. The van der Waals surface area contributed by atoms with E-state index >= 15 is 0 Å². The van der Waals surface area contributed by atoms with Gasteiger partial charge in [-0.15, -0.1) is 0 Å². The topological polar surface area (TPSA) is 85.8 Å². The van der Waals surface area contributed by atoms with Crippen LogP contribution in [0.2, 0.25) is 0 Å². The van der Waals surface area contributed by atoms with E-state index in [9.17, 15) is 31.1 Å². The van der Waals surface area contributed by atoms with Crippen LogP contribution in [-0.2, 0) is 12.4 Å². The number of rotatable bonds is 5.